The summed E-state index contributed by atoms with van der Waals surface area (Å²) in [6.45, 7) is 4.69. The van der Waals surface area contributed by atoms with Gasteiger partial charge in [-0.15, -0.1) is 0 Å². The normalized spacial score (nSPS) is 15.4. The molecule has 4 nitrogen and oxygen atoms in total. The predicted molar refractivity (Wildman–Crippen MR) is 69.2 cm³/mol. The smallest absolute Gasteiger partial charge is 0.312 e. The van der Waals surface area contributed by atoms with Crippen LogP contribution in [0.3, 0.4) is 0 Å². The molecule has 114 valence electrons. The Bertz CT molecular complexity index is 462. The molecular weight excluding hydrogens is 271 g/mol. The summed E-state index contributed by atoms with van der Waals surface area (Å²) < 4.78 is 39.7. The highest BCUT2D eigenvalue weighted by molar-refractivity contribution is 5.90. The molecule has 0 saturated heterocycles. The zero-order valence-electron chi connectivity index (χ0n) is 11.9. The van der Waals surface area contributed by atoms with Gasteiger partial charge in [0.2, 0.25) is 0 Å². The maximum atomic E-state index is 12.7. The molecule has 0 bridgehead atoms. The number of alkyl halides is 3. The van der Waals surface area contributed by atoms with Crippen molar-refractivity contribution in [3.63, 3.8) is 0 Å². The molecule has 2 N–H and O–H groups in total. The molecule has 1 heterocycles. The van der Waals surface area contributed by atoms with Crippen LogP contribution in [-0.4, -0.2) is 27.3 Å². The lowest BCUT2D eigenvalue weighted by Crippen LogP contribution is -2.57. The lowest BCUT2D eigenvalue weighted by molar-refractivity contribution is -0.185. The molecule has 0 spiro atoms. The van der Waals surface area contributed by atoms with E-state index in [2.05, 4.69) is 5.10 Å². The minimum Gasteiger partial charge on any atom is -0.312 e. The summed E-state index contributed by atoms with van der Waals surface area (Å²) in [5, 5.41) is 4.16. The monoisotopic (exact) mass is 291 g/mol. The van der Waals surface area contributed by atoms with Crippen LogP contribution in [0.2, 0.25) is 0 Å². The lowest BCUT2D eigenvalue weighted by Gasteiger charge is -2.25. The highest BCUT2D eigenvalue weighted by Gasteiger charge is 2.53. The lowest BCUT2D eigenvalue weighted by atomic mass is 9.94. The number of Topliss-reactive ketones (excluding diaryl/α,β-unsaturated/α-hetero) is 1. The first-order chi connectivity index (χ1) is 9.13. The van der Waals surface area contributed by atoms with Gasteiger partial charge in [0.1, 0.15) is 0 Å². The van der Waals surface area contributed by atoms with E-state index in [1.807, 2.05) is 13.8 Å². The van der Waals surface area contributed by atoms with Crippen LogP contribution < -0.4 is 5.73 Å². The van der Waals surface area contributed by atoms with E-state index in [4.69, 9.17) is 5.73 Å². The van der Waals surface area contributed by atoms with E-state index < -0.39 is 23.9 Å². The first-order valence-corrected chi connectivity index (χ1v) is 6.56. The van der Waals surface area contributed by atoms with Crippen molar-refractivity contribution in [1.29, 1.82) is 0 Å². The van der Waals surface area contributed by atoms with Crippen molar-refractivity contribution in [3.8, 4) is 0 Å². The van der Waals surface area contributed by atoms with Gasteiger partial charge in [0.05, 0.1) is 18.2 Å². The largest absolute Gasteiger partial charge is 0.413 e. The van der Waals surface area contributed by atoms with Crippen LogP contribution in [0, 0.1) is 0 Å². The van der Waals surface area contributed by atoms with E-state index in [9.17, 15) is 18.0 Å². The second-order valence-electron chi connectivity index (χ2n) is 5.06. The van der Waals surface area contributed by atoms with Crippen molar-refractivity contribution in [1.82, 2.24) is 9.78 Å². The summed E-state index contributed by atoms with van der Waals surface area (Å²) in [7, 11) is 0. The number of hydrogen-bond donors (Lipinski definition) is 1. The molecule has 0 radical (unpaired) electrons. The van der Waals surface area contributed by atoms with Crippen LogP contribution in [0.25, 0.3) is 0 Å². The number of nitrogens with two attached hydrogens (primary N) is 1. The molecule has 1 aromatic rings. The van der Waals surface area contributed by atoms with Crippen molar-refractivity contribution >= 4 is 5.78 Å². The molecular formula is C13H20F3N3O. The van der Waals surface area contributed by atoms with E-state index in [0.29, 0.717) is 12.6 Å². The Balaban J connectivity index is 2.82. The zero-order chi connectivity index (χ0) is 15.6. The summed E-state index contributed by atoms with van der Waals surface area (Å²) in [6, 6.07) is 1.74. The molecule has 0 fully saturated rings. The van der Waals surface area contributed by atoms with Gasteiger partial charge in [0, 0.05) is 6.20 Å². The van der Waals surface area contributed by atoms with Crippen LogP contribution in [0.5, 0.6) is 0 Å². The summed E-state index contributed by atoms with van der Waals surface area (Å²) in [5.74, 6) is -1.08. The third-order valence-electron chi connectivity index (χ3n) is 3.49. The average molecular weight is 291 g/mol. The van der Waals surface area contributed by atoms with Crippen molar-refractivity contribution in [2.75, 3.05) is 0 Å². The molecule has 0 amide bonds. The molecule has 0 saturated carbocycles. The topological polar surface area (TPSA) is 60.9 Å². The first-order valence-electron chi connectivity index (χ1n) is 6.56. The molecule has 20 heavy (non-hydrogen) atoms. The van der Waals surface area contributed by atoms with E-state index >= 15 is 0 Å². The molecule has 1 unspecified atom stereocenters. The first kappa shape index (κ1) is 16.7. The van der Waals surface area contributed by atoms with Gasteiger partial charge in [-0.3, -0.25) is 9.48 Å². The van der Waals surface area contributed by atoms with Gasteiger partial charge in [-0.25, -0.2) is 0 Å². The van der Waals surface area contributed by atoms with Gasteiger partial charge in [0.25, 0.3) is 0 Å². The SMILES string of the molecule is CCC(CC)n1ccc(CC(=O)C(C)(N)C(F)(F)F)n1. The van der Waals surface area contributed by atoms with Crippen LogP contribution in [0.15, 0.2) is 12.3 Å². The number of hydrogen-bond acceptors (Lipinski definition) is 3. The fourth-order valence-corrected chi connectivity index (χ4v) is 1.84. The average Bonchev–Trinajstić information content (AvgIpc) is 2.77. The minimum atomic E-state index is -4.76. The van der Waals surface area contributed by atoms with Crippen LogP contribution in [0.1, 0.15) is 45.3 Å². The number of nitrogens with zero attached hydrogens (tertiary/aromatic N) is 2. The Morgan fingerprint density at radius 1 is 1.40 bits per heavy atom. The summed E-state index contributed by atoms with van der Waals surface area (Å²) in [6.07, 6.45) is -1.77. The summed E-state index contributed by atoms with van der Waals surface area (Å²) >= 11 is 0. The number of carbonyl (C=O) groups is 1. The van der Waals surface area contributed by atoms with E-state index in [0.717, 1.165) is 12.8 Å². The molecule has 0 aromatic carbocycles. The third-order valence-corrected chi connectivity index (χ3v) is 3.49. The summed E-state index contributed by atoms with van der Waals surface area (Å²) in [4.78, 5) is 11.7. The quantitative estimate of drug-likeness (QED) is 0.876. The number of rotatable bonds is 6. The third kappa shape index (κ3) is 3.39. The number of aromatic nitrogens is 2. The Labute approximate surface area is 116 Å². The van der Waals surface area contributed by atoms with E-state index in [1.165, 1.54) is 0 Å². The highest BCUT2D eigenvalue weighted by Crippen LogP contribution is 2.29. The second kappa shape index (κ2) is 5.95. The summed E-state index contributed by atoms with van der Waals surface area (Å²) in [5.41, 5.74) is 2.56. The van der Waals surface area contributed by atoms with Crippen molar-refractivity contribution in [3.05, 3.63) is 18.0 Å². The fourth-order valence-electron chi connectivity index (χ4n) is 1.84. The number of halogens is 3. The Morgan fingerprint density at radius 3 is 2.40 bits per heavy atom. The van der Waals surface area contributed by atoms with Gasteiger partial charge in [-0.1, -0.05) is 13.8 Å². The maximum absolute atomic E-state index is 12.7. The molecule has 0 aliphatic carbocycles. The molecule has 7 heteroatoms. The molecule has 0 aliphatic heterocycles. The Hall–Kier alpha value is -1.37. The van der Waals surface area contributed by atoms with Gasteiger partial charge < -0.3 is 5.73 Å². The number of carbonyl (C=O) groups excluding carboxylic acids is 1. The van der Waals surface area contributed by atoms with Crippen LogP contribution >= 0.6 is 0 Å². The zero-order valence-corrected chi connectivity index (χ0v) is 11.9. The molecule has 1 aromatic heterocycles. The maximum Gasteiger partial charge on any atom is 0.413 e. The van der Waals surface area contributed by atoms with Crippen molar-refractivity contribution in [2.24, 2.45) is 5.73 Å². The molecule has 1 atom stereocenters. The second-order valence-corrected chi connectivity index (χ2v) is 5.06. The van der Waals surface area contributed by atoms with Gasteiger partial charge in [-0.05, 0) is 25.8 Å². The van der Waals surface area contributed by atoms with E-state index in [1.54, 1.807) is 16.9 Å². The number of ketones is 1. The van der Waals surface area contributed by atoms with Crippen LogP contribution in [0.4, 0.5) is 13.2 Å². The molecule has 1 rings (SSSR count). The van der Waals surface area contributed by atoms with Crippen LogP contribution in [-0.2, 0) is 11.2 Å². The Kier molecular flexibility index (Phi) is 4.96. The van der Waals surface area contributed by atoms with Gasteiger partial charge in [0.15, 0.2) is 11.3 Å². The van der Waals surface area contributed by atoms with E-state index in [-0.39, 0.29) is 6.04 Å². The Morgan fingerprint density at radius 2 is 1.95 bits per heavy atom. The van der Waals surface area contributed by atoms with Gasteiger partial charge >= 0.3 is 6.18 Å². The van der Waals surface area contributed by atoms with Crippen molar-refractivity contribution < 1.29 is 18.0 Å². The van der Waals surface area contributed by atoms with Crippen molar-refractivity contribution in [2.45, 2.75) is 57.8 Å². The fraction of sp³-hybridized carbons (Fsp3) is 0.692. The van der Waals surface area contributed by atoms with Gasteiger partial charge in [-0.2, -0.15) is 18.3 Å². The standard InChI is InChI=1S/C13H20F3N3O/c1-4-10(5-2)19-7-6-9(18-19)8-11(20)12(3,17)13(14,15)16/h6-7,10H,4-5,8,17H2,1-3H3. The highest BCUT2D eigenvalue weighted by atomic mass is 19.4. The molecule has 0 aliphatic rings. The minimum absolute atomic E-state index is 0.186. The predicted octanol–water partition coefficient (Wildman–Crippen LogP) is 2.64.